The largest absolute Gasteiger partial charge is 0.329 e. The van der Waals surface area contributed by atoms with Crippen molar-refractivity contribution in [2.24, 2.45) is 0 Å². The normalized spacial score (nSPS) is 16.6. The van der Waals surface area contributed by atoms with Gasteiger partial charge < -0.3 is 15.5 Å². The van der Waals surface area contributed by atoms with E-state index in [-0.39, 0.29) is 11.8 Å². The van der Waals surface area contributed by atoms with E-state index < -0.39 is 5.54 Å². The van der Waals surface area contributed by atoms with Crippen LogP contribution >= 0.6 is 0 Å². The van der Waals surface area contributed by atoms with E-state index in [2.05, 4.69) is 10.6 Å². The van der Waals surface area contributed by atoms with E-state index in [9.17, 15) is 9.18 Å². The molecule has 0 atom stereocenters. The summed E-state index contributed by atoms with van der Waals surface area (Å²) in [5.74, 6) is -0.269. The lowest BCUT2D eigenvalue weighted by Gasteiger charge is -2.31. The van der Waals surface area contributed by atoms with Crippen LogP contribution in [0.3, 0.4) is 0 Å². The van der Waals surface area contributed by atoms with Gasteiger partial charge in [-0.2, -0.15) is 0 Å². The Labute approximate surface area is 119 Å². The molecule has 20 heavy (non-hydrogen) atoms. The van der Waals surface area contributed by atoms with Crippen LogP contribution in [0, 0.1) is 5.82 Å². The maximum atomic E-state index is 13.0. The molecule has 0 spiro atoms. The quantitative estimate of drug-likeness (QED) is 0.870. The fourth-order valence-corrected chi connectivity index (χ4v) is 2.33. The molecule has 1 aromatic rings. The summed E-state index contributed by atoms with van der Waals surface area (Å²) >= 11 is 0. The second-order valence-electron chi connectivity index (χ2n) is 5.65. The van der Waals surface area contributed by atoms with Crippen LogP contribution < -0.4 is 10.6 Å². The molecule has 0 bridgehead atoms. The van der Waals surface area contributed by atoms with Gasteiger partial charge in [0.2, 0.25) is 0 Å². The van der Waals surface area contributed by atoms with Gasteiger partial charge in [0.05, 0.1) is 5.54 Å². The molecule has 5 heteroatoms. The summed E-state index contributed by atoms with van der Waals surface area (Å²) in [4.78, 5) is 14.1. The molecule has 1 aromatic carbocycles. The second-order valence-corrected chi connectivity index (χ2v) is 5.65. The molecule has 1 fully saturated rings. The average Bonchev–Trinajstić information content (AvgIpc) is 2.67. The van der Waals surface area contributed by atoms with Crippen LogP contribution in [-0.4, -0.2) is 37.1 Å². The summed E-state index contributed by atoms with van der Waals surface area (Å²) in [7, 11) is 0. The van der Waals surface area contributed by atoms with Gasteiger partial charge in [0.1, 0.15) is 5.82 Å². The van der Waals surface area contributed by atoms with E-state index in [4.69, 9.17) is 0 Å². The van der Waals surface area contributed by atoms with Gasteiger partial charge in [0.15, 0.2) is 0 Å². The van der Waals surface area contributed by atoms with E-state index in [1.54, 1.807) is 12.1 Å². The van der Waals surface area contributed by atoms with Crippen LogP contribution in [0.5, 0.6) is 0 Å². The zero-order valence-electron chi connectivity index (χ0n) is 12.1. The van der Waals surface area contributed by atoms with Crippen molar-refractivity contribution in [3.63, 3.8) is 0 Å². The molecular weight excluding hydrogens is 257 g/mol. The number of carbonyl (C=O) groups is 1. The topological polar surface area (TPSA) is 44.4 Å². The van der Waals surface area contributed by atoms with Crippen LogP contribution in [0.4, 0.5) is 9.18 Å². The summed E-state index contributed by atoms with van der Waals surface area (Å²) in [6, 6.07) is 6.18. The molecule has 2 N–H and O–H groups in total. The fraction of sp³-hybridized carbons (Fsp3) is 0.533. The van der Waals surface area contributed by atoms with E-state index in [0.717, 1.165) is 31.6 Å². The second kappa shape index (κ2) is 6.22. The van der Waals surface area contributed by atoms with Crippen LogP contribution in [0.25, 0.3) is 0 Å². The lowest BCUT2D eigenvalue weighted by atomic mass is 9.94. The third-order valence-electron chi connectivity index (χ3n) is 3.61. The summed E-state index contributed by atoms with van der Waals surface area (Å²) in [5.41, 5.74) is 0.366. The average molecular weight is 279 g/mol. The Morgan fingerprint density at radius 1 is 1.25 bits per heavy atom. The van der Waals surface area contributed by atoms with Crippen molar-refractivity contribution in [1.82, 2.24) is 15.5 Å². The van der Waals surface area contributed by atoms with Crippen LogP contribution in [0.15, 0.2) is 24.3 Å². The molecule has 0 radical (unpaired) electrons. The maximum Gasteiger partial charge on any atom is 0.318 e. The lowest BCUT2D eigenvalue weighted by Crippen LogP contribution is -2.49. The first-order valence-corrected chi connectivity index (χ1v) is 7.03. The van der Waals surface area contributed by atoms with Gasteiger partial charge in [-0.15, -0.1) is 0 Å². The van der Waals surface area contributed by atoms with Crippen LogP contribution in [0.1, 0.15) is 25.8 Å². The van der Waals surface area contributed by atoms with E-state index >= 15 is 0 Å². The van der Waals surface area contributed by atoms with E-state index in [1.807, 2.05) is 18.7 Å². The summed E-state index contributed by atoms with van der Waals surface area (Å²) in [6.07, 6.45) is 0.963. The zero-order valence-corrected chi connectivity index (χ0v) is 12.1. The molecule has 0 unspecified atom stereocenters. The Balaban J connectivity index is 2.02. The van der Waals surface area contributed by atoms with Gasteiger partial charge in [-0.25, -0.2) is 9.18 Å². The number of benzene rings is 1. The highest BCUT2D eigenvalue weighted by Gasteiger charge is 2.25. The van der Waals surface area contributed by atoms with Crippen molar-refractivity contribution < 1.29 is 9.18 Å². The molecule has 0 saturated carbocycles. The molecule has 1 heterocycles. The number of nitrogens with zero attached hydrogens (tertiary/aromatic N) is 1. The number of hydrogen-bond donors (Lipinski definition) is 2. The maximum absolute atomic E-state index is 13.0. The summed E-state index contributed by atoms with van der Waals surface area (Å²) in [5, 5.41) is 6.30. The fourth-order valence-electron chi connectivity index (χ4n) is 2.33. The van der Waals surface area contributed by atoms with Crippen molar-refractivity contribution in [2.75, 3.05) is 26.2 Å². The number of hydrogen-bond acceptors (Lipinski definition) is 2. The van der Waals surface area contributed by atoms with Gasteiger partial charge in [0.25, 0.3) is 0 Å². The number of carbonyl (C=O) groups excluding carboxylic acids is 1. The van der Waals surface area contributed by atoms with E-state index in [0.29, 0.717) is 6.54 Å². The Hall–Kier alpha value is -1.62. The molecule has 0 aliphatic carbocycles. The number of urea groups is 1. The Morgan fingerprint density at radius 2 is 1.95 bits per heavy atom. The minimum absolute atomic E-state index is 0.0666. The standard InChI is InChI=1S/C15H22FN3O/c1-15(2,12-4-6-13(16)7-5-12)18-14(20)19-10-3-8-17-9-11-19/h4-7,17H,3,8-11H2,1-2H3,(H,18,20). The highest BCUT2D eigenvalue weighted by Crippen LogP contribution is 2.20. The molecule has 4 nitrogen and oxygen atoms in total. The van der Waals surface area contributed by atoms with Crippen LogP contribution in [-0.2, 0) is 5.54 Å². The molecular formula is C15H22FN3O. The SMILES string of the molecule is CC(C)(NC(=O)N1CCCNCC1)c1ccc(F)cc1. The van der Waals surface area contributed by atoms with E-state index in [1.165, 1.54) is 12.1 Å². The minimum Gasteiger partial charge on any atom is -0.329 e. The monoisotopic (exact) mass is 279 g/mol. The number of halogens is 1. The third kappa shape index (κ3) is 3.70. The molecule has 2 amide bonds. The number of nitrogens with one attached hydrogen (secondary N) is 2. The Morgan fingerprint density at radius 3 is 2.65 bits per heavy atom. The van der Waals surface area contributed by atoms with Gasteiger partial charge in [-0.05, 0) is 44.5 Å². The predicted octanol–water partition coefficient (Wildman–Crippen LogP) is 2.07. The predicted molar refractivity (Wildman–Crippen MR) is 77.0 cm³/mol. The number of rotatable bonds is 2. The first-order valence-electron chi connectivity index (χ1n) is 7.03. The van der Waals surface area contributed by atoms with Crippen molar-refractivity contribution >= 4 is 6.03 Å². The molecule has 0 aromatic heterocycles. The third-order valence-corrected chi connectivity index (χ3v) is 3.61. The molecule has 1 aliphatic rings. The highest BCUT2D eigenvalue weighted by molar-refractivity contribution is 5.75. The van der Waals surface area contributed by atoms with Crippen molar-refractivity contribution in [2.45, 2.75) is 25.8 Å². The van der Waals surface area contributed by atoms with Crippen molar-refractivity contribution in [1.29, 1.82) is 0 Å². The molecule has 1 aliphatic heterocycles. The first-order chi connectivity index (χ1) is 9.49. The smallest absolute Gasteiger partial charge is 0.318 e. The van der Waals surface area contributed by atoms with Gasteiger partial charge in [0, 0.05) is 19.6 Å². The minimum atomic E-state index is -0.523. The van der Waals surface area contributed by atoms with Gasteiger partial charge in [-0.3, -0.25) is 0 Å². The van der Waals surface area contributed by atoms with Gasteiger partial charge in [-0.1, -0.05) is 12.1 Å². The van der Waals surface area contributed by atoms with Crippen LogP contribution in [0.2, 0.25) is 0 Å². The summed E-state index contributed by atoms with van der Waals surface area (Å²) < 4.78 is 13.0. The highest BCUT2D eigenvalue weighted by atomic mass is 19.1. The zero-order chi connectivity index (χ0) is 14.6. The molecule has 2 rings (SSSR count). The van der Waals surface area contributed by atoms with Crippen molar-refractivity contribution in [3.8, 4) is 0 Å². The Bertz CT molecular complexity index is 451. The number of amides is 2. The summed E-state index contributed by atoms with van der Waals surface area (Å²) in [6.45, 7) is 7.10. The first kappa shape index (κ1) is 14.8. The Kier molecular flexibility index (Phi) is 4.60. The molecule has 110 valence electrons. The lowest BCUT2D eigenvalue weighted by molar-refractivity contribution is 0.190. The van der Waals surface area contributed by atoms with Gasteiger partial charge >= 0.3 is 6.03 Å². The van der Waals surface area contributed by atoms with Crippen molar-refractivity contribution in [3.05, 3.63) is 35.6 Å². The molecule has 1 saturated heterocycles.